The number of nitrogens with zero attached hydrogens (tertiary/aromatic N) is 1. The first-order valence-corrected chi connectivity index (χ1v) is 11.5. The Balaban J connectivity index is 2.44. The average molecular weight is 538 g/mol. The molecule has 1 aromatic rings. The molecule has 0 aromatic heterocycles. The van der Waals surface area contributed by atoms with Crippen LogP contribution in [0.1, 0.15) is 41.5 Å². The molecule has 2 N–H and O–H groups in total. The van der Waals surface area contributed by atoms with Crippen LogP contribution in [0.4, 0.5) is 15.3 Å². The highest BCUT2D eigenvalue weighted by Gasteiger charge is 2.51. The predicted molar refractivity (Wildman–Crippen MR) is 130 cm³/mol. The van der Waals surface area contributed by atoms with Crippen molar-refractivity contribution in [1.82, 2.24) is 5.32 Å². The molecular formula is C24H31N3O11. The Kier molecular flexibility index (Phi) is 10.4. The van der Waals surface area contributed by atoms with Crippen LogP contribution in [-0.4, -0.2) is 72.6 Å². The maximum absolute atomic E-state index is 12.6. The van der Waals surface area contributed by atoms with Crippen molar-refractivity contribution in [2.75, 3.05) is 11.9 Å². The average Bonchev–Trinajstić information content (AvgIpc) is 2.78. The maximum atomic E-state index is 12.6. The molecule has 1 aliphatic heterocycles. The van der Waals surface area contributed by atoms with E-state index >= 15 is 0 Å². The lowest BCUT2D eigenvalue weighted by Crippen LogP contribution is -2.65. The van der Waals surface area contributed by atoms with E-state index in [1.807, 2.05) is 0 Å². The number of hydrogen-bond donors (Lipinski definition) is 2. The van der Waals surface area contributed by atoms with Crippen molar-refractivity contribution in [3.05, 3.63) is 30.3 Å². The van der Waals surface area contributed by atoms with Gasteiger partial charge in [0.2, 0.25) is 0 Å². The lowest BCUT2D eigenvalue weighted by atomic mass is 9.96. The quantitative estimate of drug-likeness (QED) is 0.226. The molecule has 1 heterocycles. The van der Waals surface area contributed by atoms with Crippen LogP contribution in [0.25, 0.3) is 0 Å². The van der Waals surface area contributed by atoms with Gasteiger partial charge in [-0.3, -0.25) is 24.5 Å². The van der Waals surface area contributed by atoms with Gasteiger partial charge in [-0.25, -0.2) is 9.59 Å². The van der Waals surface area contributed by atoms with E-state index in [4.69, 9.17) is 28.5 Å². The minimum absolute atomic E-state index is 0.408. The SMILES string of the molecule is CC(=O)OCC1O/C(=N\OC(=O)Nc2ccccc2)C(NC(=O)OC(C)(C)C)[C@@H](OC(C)=O)[C@@H]1OC(C)=O. The maximum Gasteiger partial charge on any atom is 0.437 e. The van der Waals surface area contributed by atoms with Crippen LogP contribution in [0.3, 0.4) is 0 Å². The van der Waals surface area contributed by atoms with Gasteiger partial charge in [-0.15, -0.1) is 0 Å². The molecule has 14 heteroatoms. The van der Waals surface area contributed by atoms with Gasteiger partial charge >= 0.3 is 30.1 Å². The Morgan fingerprint density at radius 2 is 1.50 bits per heavy atom. The van der Waals surface area contributed by atoms with Crippen molar-refractivity contribution in [3.8, 4) is 0 Å². The Morgan fingerprint density at radius 3 is 2.05 bits per heavy atom. The molecule has 0 aliphatic carbocycles. The summed E-state index contributed by atoms with van der Waals surface area (Å²) < 4.78 is 26.7. The smallest absolute Gasteiger partial charge is 0.437 e. The number of amides is 2. The third-order valence-corrected chi connectivity index (χ3v) is 4.52. The number of hydrogen-bond acceptors (Lipinski definition) is 12. The minimum atomic E-state index is -1.45. The van der Waals surface area contributed by atoms with E-state index in [2.05, 4.69) is 15.8 Å². The third kappa shape index (κ3) is 9.95. The second kappa shape index (κ2) is 13.3. The van der Waals surface area contributed by atoms with Crippen molar-refractivity contribution in [3.63, 3.8) is 0 Å². The van der Waals surface area contributed by atoms with Crippen molar-refractivity contribution >= 4 is 41.7 Å². The number of alkyl carbamates (subject to hydrolysis) is 1. The van der Waals surface area contributed by atoms with Gasteiger partial charge in [0.15, 0.2) is 24.4 Å². The number of benzene rings is 1. The summed E-state index contributed by atoms with van der Waals surface area (Å²) in [7, 11) is 0. The fraction of sp³-hybridized carbons (Fsp3) is 0.500. The molecule has 1 aliphatic rings. The van der Waals surface area contributed by atoms with Crippen LogP contribution in [0, 0.1) is 0 Å². The molecule has 0 radical (unpaired) electrons. The highest BCUT2D eigenvalue weighted by Crippen LogP contribution is 2.25. The molecule has 2 rings (SSSR count). The Morgan fingerprint density at radius 1 is 0.895 bits per heavy atom. The van der Waals surface area contributed by atoms with Crippen LogP contribution in [0.2, 0.25) is 0 Å². The highest BCUT2D eigenvalue weighted by atomic mass is 16.7. The monoisotopic (exact) mass is 537 g/mol. The van der Waals surface area contributed by atoms with Crippen LogP contribution >= 0.6 is 0 Å². The molecular weight excluding hydrogens is 506 g/mol. The molecule has 208 valence electrons. The second-order valence-electron chi connectivity index (χ2n) is 9.03. The summed E-state index contributed by atoms with van der Waals surface area (Å²) >= 11 is 0. The molecule has 0 saturated carbocycles. The van der Waals surface area contributed by atoms with E-state index in [0.29, 0.717) is 5.69 Å². The number of anilines is 1. The molecule has 4 atom stereocenters. The van der Waals surface area contributed by atoms with Crippen molar-refractivity contribution in [2.24, 2.45) is 5.16 Å². The highest BCUT2D eigenvalue weighted by molar-refractivity contribution is 5.89. The second-order valence-corrected chi connectivity index (χ2v) is 9.03. The fourth-order valence-corrected chi connectivity index (χ4v) is 3.23. The van der Waals surface area contributed by atoms with Crippen molar-refractivity contribution < 1.29 is 52.5 Å². The zero-order valence-corrected chi connectivity index (χ0v) is 21.8. The lowest BCUT2D eigenvalue weighted by molar-refractivity contribution is -0.186. The van der Waals surface area contributed by atoms with Crippen LogP contribution in [-0.2, 0) is 42.9 Å². The minimum Gasteiger partial charge on any atom is -0.466 e. The molecule has 1 aromatic carbocycles. The summed E-state index contributed by atoms with van der Waals surface area (Å²) in [6.07, 6.45) is -6.05. The van der Waals surface area contributed by atoms with E-state index in [0.717, 1.165) is 20.8 Å². The molecule has 0 spiro atoms. The topological polar surface area (TPSA) is 177 Å². The molecule has 1 fully saturated rings. The largest absolute Gasteiger partial charge is 0.466 e. The number of carbonyl (C=O) groups is 5. The van der Waals surface area contributed by atoms with Crippen molar-refractivity contribution in [1.29, 1.82) is 0 Å². The first-order chi connectivity index (χ1) is 17.7. The van der Waals surface area contributed by atoms with Crippen LogP contribution < -0.4 is 10.6 Å². The number of para-hydroxylation sites is 1. The third-order valence-electron chi connectivity index (χ3n) is 4.52. The van der Waals surface area contributed by atoms with Gasteiger partial charge in [0.25, 0.3) is 5.90 Å². The van der Waals surface area contributed by atoms with E-state index in [1.54, 1.807) is 51.1 Å². The summed E-state index contributed by atoms with van der Waals surface area (Å²) in [5, 5.41) is 8.57. The van der Waals surface area contributed by atoms with Gasteiger partial charge < -0.3 is 29.0 Å². The normalized spacial score (nSPS) is 21.8. The van der Waals surface area contributed by atoms with E-state index in [-0.39, 0.29) is 0 Å². The molecule has 14 nitrogen and oxygen atoms in total. The lowest BCUT2D eigenvalue weighted by Gasteiger charge is -2.41. The van der Waals surface area contributed by atoms with E-state index < -0.39 is 72.6 Å². The zero-order chi connectivity index (χ0) is 28.5. The Bertz CT molecular complexity index is 1050. The Hall–Kier alpha value is -4.36. The summed E-state index contributed by atoms with van der Waals surface area (Å²) in [5.41, 5.74) is -0.501. The summed E-state index contributed by atoms with van der Waals surface area (Å²) in [5.74, 6) is -2.71. The first-order valence-electron chi connectivity index (χ1n) is 11.5. The molecule has 0 bridgehead atoms. The van der Waals surface area contributed by atoms with E-state index in [9.17, 15) is 24.0 Å². The van der Waals surface area contributed by atoms with Gasteiger partial charge in [0, 0.05) is 26.5 Å². The van der Waals surface area contributed by atoms with Gasteiger partial charge in [-0.05, 0) is 38.1 Å². The molecule has 38 heavy (non-hydrogen) atoms. The number of oxime groups is 1. The first kappa shape index (κ1) is 29.9. The zero-order valence-electron chi connectivity index (χ0n) is 21.8. The van der Waals surface area contributed by atoms with Gasteiger partial charge in [0.05, 0.1) is 0 Å². The summed E-state index contributed by atoms with van der Waals surface area (Å²) in [6.45, 7) is 7.74. The van der Waals surface area contributed by atoms with Gasteiger partial charge in [0.1, 0.15) is 12.2 Å². The fourth-order valence-electron chi connectivity index (χ4n) is 3.23. The standard InChI is InChI=1S/C24H31N3O11/c1-13(28)33-12-17-19(34-14(2)29)20(35-15(3)30)18(26-22(31)37-24(4,5)6)21(36-17)27-38-23(32)25-16-10-8-7-9-11-16/h7-11,17-20H,12H2,1-6H3,(H,25,32)(H,26,31)/b27-21-/t17?,18?,19-,20-/m1/s1. The molecule has 1 saturated heterocycles. The summed E-state index contributed by atoms with van der Waals surface area (Å²) in [4.78, 5) is 65.1. The molecule has 2 amide bonds. The van der Waals surface area contributed by atoms with Gasteiger partial charge in [-0.1, -0.05) is 18.2 Å². The van der Waals surface area contributed by atoms with Gasteiger partial charge in [-0.2, -0.15) is 0 Å². The number of rotatable bonds is 7. The summed E-state index contributed by atoms with van der Waals surface area (Å²) in [6, 6.07) is 6.88. The van der Waals surface area contributed by atoms with Crippen LogP contribution in [0.15, 0.2) is 35.5 Å². The Labute approximate surface area is 218 Å². The number of carbonyl (C=O) groups excluding carboxylic acids is 5. The molecule has 2 unspecified atom stereocenters. The van der Waals surface area contributed by atoms with Crippen LogP contribution in [0.5, 0.6) is 0 Å². The number of nitrogens with one attached hydrogen (secondary N) is 2. The van der Waals surface area contributed by atoms with Crippen molar-refractivity contribution in [2.45, 2.75) is 71.5 Å². The number of esters is 3. The van der Waals surface area contributed by atoms with E-state index in [1.165, 1.54) is 0 Å². The predicted octanol–water partition coefficient (Wildman–Crippen LogP) is 2.27. The number of ether oxygens (including phenoxy) is 5.